The number of rotatable bonds is 2. The van der Waals surface area contributed by atoms with Crippen LogP contribution in [-0.2, 0) is 20.3 Å². The summed E-state index contributed by atoms with van der Waals surface area (Å²) in [4.78, 5) is 16.8. The fourth-order valence-corrected chi connectivity index (χ4v) is 5.74. The molecule has 0 unspecified atom stereocenters. The van der Waals surface area contributed by atoms with Gasteiger partial charge in [-0.25, -0.2) is 0 Å². The maximum Gasteiger partial charge on any atom is 0.534 e. The molecule has 0 amide bonds. The van der Waals surface area contributed by atoms with Gasteiger partial charge in [0.2, 0.25) is 0 Å². The molecule has 1 saturated heterocycles. The number of nitriles is 1. The largest absolute Gasteiger partial charge is 0.534 e. The third-order valence-electron chi connectivity index (χ3n) is 6.29. The molecule has 0 radical (unpaired) electrons. The van der Waals surface area contributed by atoms with Crippen molar-refractivity contribution < 1.29 is 35.3 Å². The number of alkyl halides is 3. The van der Waals surface area contributed by atoms with E-state index in [-0.39, 0.29) is 15.8 Å². The highest BCUT2D eigenvalue weighted by Gasteiger charge is 2.50. The summed E-state index contributed by atoms with van der Waals surface area (Å²) in [7, 11) is -5.92. The standard InChI is InChI=1S/C22H14BrF3N2O5S/c23-15-8-13-14(9-17(15)33-34(30,31)22(24,25)26)21(3-5-32-6-4-21)20-18(19(13)29)12-2-1-11(10-27)7-16(12)28-20/h1-2,7-9,28H,3-6H2. The van der Waals surface area contributed by atoms with Crippen LogP contribution in [0.4, 0.5) is 13.2 Å². The lowest BCUT2D eigenvalue weighted by atomic mass is 9.64. The molecule has 0 atom stereocenters. The average molecular weight is 555 g/mol. The van der Waals surface area contributed by atoms with Crippen LogP contribution in [0.1, 0.15) is 45.6 Å². The Morgan fingerprint density at radius 2 is 1.88 bits per heavy atom. The van der Waals surface area contributed by atoms with Gasteiger partial charge in [-0.1, -0.05) is 6.07 Å². The van der Waals surface area contributed by atoms with E-state index >= 15 is 0 Å². The van der Waals surface area contributed by atoms with Crippen LogP contribution >= 0.6 is 15.9 Å². The molecular formula is C22H14BrF3N2O5S. The van der Waals surface area contributed by atoms with Gasteiger partial charge in [-0.15, -0.1) is 0 Å². The number of ketones is 1. The fourth-order valence-electron chi connectivity index (χ4n) is 4.74. The quantitative estimate of drug-likeness (QED) is 0.364. The van der Waals surface area contributed by atoms with E-state index in [9.17, 15) is 31.6 Å². The zero-order valence-corrected chi connectivity index (χ0v) is 19.5. The normalized spacial score (nSPS) is 17.3. The highest BCUT2D eigenvalue weighted by molar-refractivity contribution is 9.10. The minimum absolute atomic E-state index is 0.107. The van der Waals surface area contributed by atoms with E-state index in [1.165, 1.54) is 12.1 Å². The summed E-state index contributed by atoms with van der Waals surface area (Å²) in [6, 6.07) is 9.43. The number of halogens is 4. The van der Waals surface area contributed by atoms with Crippen LogP contribution in [0.15, 0.2) is 34.8 Å². The number of benzene rings is 2. The van der Waals surface area contributed by atoms with Gasteiger partial charge >= 0.3 is 15.6 Å². The van der Waals surface area contributed by atoms with Crippen molar-refractivity contribution in [2.45, 2.75) is 23.8 Å². The first-order chi connectivity index (χ1) is 16.0. The Balaban J connectivity index is 1.77. The predicted octanol–water partition coefficient (Wildman–Crippen LogP) is 4.67. The van der Waals surface area contributed by atoms with Gasteiger partial charge in [-0.2, -0.15) is 26.9 Å². The van der Waals surface area contributed by atoms with Crippen LogP contribution < -0.4 is 4.18 Å². The first-order valence-electron chi connectivity index (χ1n) is 10.0. The molecule has 1 spiro atoms. The Morgan fingerprint density at radius 3 is 2.53 bits per heavy atom. The fraction of sp³-hybridized carbons (Fsp3) is 0.273. The van der Waals surface area contributed by atoms with Gasteiger partial charge in [0.1, 0.15) is 0 Å². The number of H-pyrrole nitrogens is 1. The van der Waals surface area contributed by atoms with Gasteiger partial charge in [-0.3, -0.25) is 4.79 Å². The molecule has 2 heterocycles. The number of aromatic amines is 1. The van der Waals surface area contributed by atoms with Gasteiger partial charge in [0, 0.05) is 40.8 Å². The van der Waals surface area contributed by atoms with Gasteiger partial charge in [-0.05, 0) is 58.6 Å². The Labute approximate surface area is 199 Å². The second kappa shape index (κ2) is 7.56. The van der Waals surface area contributed by atoms with Crippen molar-refractivity contribution in [2.24, 2.45) is 0 Å². The highest BCUT2D eigenvalue weighted by Crippen LogP contribution is 2.51. The van der Waals surface area contributed by atoms with Crippen molar-refractivity contribution in [3.05, 3.63) is 62.8 Å². The molecule has 0 bridgehead atoms. The molecule has 176 valence electrons. The van der Waals surface area contributed by atoms with Gasteiger partial charge < -0.3 is 13.9 Å². The van der Waals surface area contributed by atoms with E-state index in [1.54, 1.807) is 18.2 Å². The van der Waals surface area contributed by atoms with Crippen LogP contribution in [0.3, 0.4) is 0 Å². The molecule has 1 fully saturated rings. The summed E-state index contributed by atoms with van der Waals surface area (Å²) in [5.74, 6) is -0.940. The minimum atomic E-state index is -5.92. The van der Waals surface area contributed by atoms with E-state index in [4.69, 9.17) is 4.74 Å². The van der Waals surface area contributed by atoms with Crippen LogP contribution in [0.2, 0.25) is 0 Å². The van der Waals surface area contributed by atoms with Crippen molar-refractivity contribution in [3.8, 4) is 11.8 Å². The number of carbonyl (C=O) groups excluding carboxylic acids is 1. The summed E-state index contributed by atoms with van der Waals surface area (Å²) in [6.07, 6.45) is 0.788. The van der Waals surface area contributed by atoms with Crippen molar-refractivity contribution in [1.29, 1.82) is 5.26 Å². The Hall–Kier alpha value is -2.88. The maximum atomic E-state index is 13.6. The van der Waals surface area contributed by atoms with E-state index in [0.717, 1.165) is 0 Å². The average Bonchev–Trinajstić information content (AvgIpc) is 3.18. The number of nitrogens with one attached hydrogen (secondary N) is 1. The second-order valence-corrected chi connectivity index (χ2v) is 10.5. The first kappa shape index (κ1) is 22.9. The molecule has 0 saturated carbocycles. The van der Waals surface area contributed by atoms with Crippen molar-refractivity contribution >= 4 is 42.7 Å². The summed E-state index contributed by atoms with van der Waals surface area (Å²) >= 11 is 3.06. The van der Waals surface area contributed by atoms with Gasteiger partial charge in [0.15, 0.2) is 11.5 Å². The van der Waals surface area contributed by atoms with E-state index in [2.05, 4.69) is 31.2 Å². The Morgan fingerprint density at radius 1 is 1.18 bits per heavy atom. The van der Waals surface area contributed by atoms with E-state index < -0.39 is 26.8 Å². The number of ether oxygens (including phenoxy) is 1. The predicted molar refractivity (Wildman–Crippen MR) is 117 cm³/mol. The lowest BCUT2D eigenvalue weighted by Crippen LogP contribution is -2.40. The number of aromatic nitrogens is 1. The van der Waals surface area contributed by atoms with Crippen LogP contribution in [0.5, 0.6) is 5.75 Å². The third kappa shape index (κ3) is 3.25. The first-order valence-corrected chi connectivity index (χ1v) is 12.2. The maximum absolute atomic E-state index is 13.6. The van der Waals surface area contributed by atoms with Crippen molar-refractivity contribution in [3.63, 3.8) is 0 Å². The van der Waals surface area contributed by atoms with Gasteiger partial charge in [0.25, 0.3) is 0 Å². The summed E-state index contributed by atoms with van der Waals surface area (Å²) in [6.45, 7) is 0.637. The topological polar surface area (TPSA) is 109 Å². The molecule has 2 aliphatic rings. The summed E-state index contributed by atoms with van der Waals surface area (Å²) in [5.41, 5.74) is -3.94. The molecule has 5 rings (SSSR count). The number of hydrogen-bond acceptors (Lipinski definition) is 6. The number of nitrogens with zero attached hydrogens (tertiary/aromatic N) is 1. The van der Waals surface area contributed by atoms with Crippen LogP contribution in [0, 0.1) is 11.3 Å². The van der Waals surface area contributed by atoms with Crippen LogP contribution in [0.25, 0.3) is 10.9 Å². The molecule has 12 heteroatoms. The molecule has 3 aromatic rings. The SMILES string of the molecule is N#Cc1ccc2c3c([nH]c2c1)C1(CCOCC1)c1cc(OS(=O)(=O)C(F)(F)F)c(Br)cc1C3=O. The lowest BCUT2D eigenvalue weighted by Gasteiger charge is -2.41. The van der Waals surface area contributed by atoms with Crippen molar-refractivity contribution in [1.82, 2.24) is 4.98 Å². The molecule has 34 heavy (non-hydrogen) atoms. The molecule has 7 nitrogen and oxygen atoms in total. The number of fused-ring (bicyclic) bond motifs is 6. The zero-order valence-electron chi connectivity index (χ0n) is 17.1. The second-order valence-electron chi connectivity index (χ2n) is 8.08. The van der Waals surface area contributed by atoms with Gasteiger partial charge in [0.05, 0.1) is 21.7 Å². The Bertz CT molecular complexity index is 1520. The molecular weight excluding hydrogens is 541 g/mol. The number of carbonyl (C=O) groups is 1. The van der Waals surface area contributed by atoms with Crippen molar-refractivity contribution in [2.75, 3.05) is 13.2 Å². The highest BCUT2D eigenvalue weighted by atomic mass is 79.9. The lowest BCUT2D eigenvalue weighted by molar-refractivity contribution is -0.0500. The minimum Gasteiger partial charge on any atom is -0.381 e. The third-order valence-corrected chi connectivity index (χ3v) is 7.88. The molecule has 1 aromatic heterocycles. The Kier molecular flexibility index (Phi) is 5.09. The number of hydrogen-bond donors (Lipinski definition) is 1. The summed E-state index contributed by atoms with van der Waals surface area (Å²) in [5, 5.41) is 9.87. The van der Waals surface area contributed by atoms with E-state index in [0.29, 0.717) is 59.3 Å². The molecule has 1 aliphatic heterocycles. The molecule has 1 aliphatic carbocycles. The summed E-state index contributed by atoms with van der Waals surface area (Å²) < 4.78 is 72.0. The smallest absolute Gasteiger partial charge is 0.381 e. The van der Waals surface area contributed by atoms with E-state index in [1.807, 2.05) is 0 Å². The molecule has 2 aromatic carbocycles. The monoisotopic (exact) mass is 554 g/mol. The zero-order chi connectivity index (χ0) is 24.5. The molecule has 1 N–H and O–H groups in total. The van der Waals surface area contributed by atoms with Crippen LogP contribution in [-0.4, -0.2) is 37.9 Å².